The third-order valence-corrected chi connectivity index (χ3v) is 5.81. The van der Waals surface area contributed by atoms with Crippen molar-refractivity contribution in [2.75, 3.05) is 0 Å². The second-order valence-corrected chi connectivity index (χ2v) is 8.13. The van der Waals surface area contributed by atoms with Crippen LogP contribution in [0, 0.1) is 5.92 Å². The minimum absolute atomic E-state index is 0.0150. The van der Waals surface area contributed by atoms with Crippen LogP contribution in [0.25, 0.3) is 0 Å². The van der Waals surface area contributed by atoms with Gasteiger partial charge in [0.25, 0.3) is 0 Å². The summed E-state index contributed by atoms with van der Waals surface area (Å²) in [5.41, 5.74) is 0.973. The Hall–Kier alpha value is -0.850. The van der Waals surface area contributed by atoms with E-state index in [1.807, 2.05) is 18.5 Å². The van der Waals surface area contributed by atoms with Crippen LogP contribution in [0.5, 0.6) is 0 Å². The van der Waals surface area contributed by atoms with Crippen molar-refractivity contribution < 1.29 is 8.42 Å². The minimum atomic E-state index is -3.42. The molecular formula is C15H27N3O2S. The Morgan fingerprint density at radius 3 is 2.52 bits per heavy atom. The average molecular weight is 313 g/mol. The van der Waals surface area contributed by atoms with Crippen molar-refractivity contribution in [1.82, 2.24) is 14.6 Å². The third kappa shape index (κ3) is 4.08. The van der Waals surface area contributed by atoms with Crippen LogP contribution in [0.2, 0.25) is 0 Å². The summed E-state index contributed by atoms with van der Waals surface area (Å²) in [6.45, 7) is 6.78. The van der Waals surface area contributed by atoms with Gasteiger partial charge in [0.05, 0.1) is 4.90 Å². The molecule has 1 atom stereocenters. The van der Waals surface area contributed by atoms with Gasteiger partial charge in [-0.3, -0.25) is 0 Å². The first-order valence-electron chi connectivity index (χ1n) is 7.70. The molecule has 0 saturated heterocycles. The van der Waals surface area contributed by atoms with E-state index in [0.717, 1.165) is 18.5 Å². The number of nitrogens with zero attached hydrogens (tertiary/aromatic N) is 1. The van der Waals surface area contributed by atoms with Crippen molar-refractivity contribution in [3.8, 4) is 0 Å². The van der Waals surface area contributed by atoms with E-state index in [0.29, 0.717) is 23.4 Å². The van der Waals surface area contributed by atoms with Gasteiger partial charge in [-0.1, -0.05) is 20.3 Å². The molecule has 120 valence electrons. The Kier molecular flexibility index (Phi) is 5.11. The first-order chi connectivity index (χ1) is 9.79. The third-order valence-electron chi connectivity index (χ3n) is 4.28. The molecule has 2 N–H and O–H groups in total. The van der Waals surface area contributed by atoms with Gasteiger partial charge in [0.1, 0.15) is 0 Å². The molecule has 1 aliphatic carbocycles. The molecule has 1 aromatic heterocycles. The number of nitrogens with one attached hydrogen (secondary N) is 2. The van der Waals surface area contributed by atoms with Gasteiger partial charge in [0, 0.05) is 37.6 Å². The zero-order valence-electron chi connectivity index (χ0n) is 13.4. The van der Waals surface area contributed by atoms with Gasteiger partial charge in [0.2, 0.25) is 10.0 Å². The SMILES string of the molecule is CC(C)NCc1cc(S(=O)(=O)NC(C)C2CCC2)cn1C. The average Bonchev–Trinajstić information content (AvgIpc) is 2.65. The maximum absolute atomic E-state index is 12.4. The number of aryl methyl sites for hydroxylation is 1. The lowest BCUT2D eigenvalue weighted by atomic mass is 9.81. The highest BCUT2D eigenvalue weighted by molar-refractivity contribution is 7.89. The van der Waals surface area contributed by atoms with Crippen molar-refractivity contribution in [1.29, 1.82) is 0 Å². The molecule has 5 nitrogen and oxygen atoms in total. The van der Waals surface area contributed by atoms with Crippen LogP contribution in [0.4, 0.5) is 0 Å². The summed E-state index contributed by atoms with van der Waals surface area (Å²) in [7, 11) is -1.54. The van der Waals surface area contributed by atoms with Gasteiger partial charge in [-0.05, 0) is 31.7 Å². The molecule has 0 aliphatic heterocycles. The second kappa shape index (κ2) is 6.50. The summed E-state index contributed by atoms with van der Waals surface area (Å²) in [6, 6.07) is 2.14. The second-order valence-electron chi connectivity index (χ2n) is 6.41. The summed E-state index contributed by atoms with van der Waals surface area (Å²) in [5.74, 6) is 0.491. The Labute approximate surface area is 128 Å². The predicted molar refractivity (Wildman–Crippen MR) is 84.5 cm³/mol. The van der Waals surface area contributed by atoms with Crippen LogP contribution in [0.15, 0.2) is 17.2 Å². The molecule has 1 saturated carbocycles. The number of aromatic nitrogens is 1. The van der Waals surface area contributed by atoms with E-state index in [1.165, 1.54) is 6.42 Å². The topological polar surface area (TPSA) is 63.1 Å². The Balaban J connectivity index is 2.07. The lowest BCUT2D eigenvalue weighted by Crippen LogP contribution is -2.40. The largest absolute Gasteiger partial charge is 0.352 e. The van der Waals surface area contributed by atoms with Crippen LogP contribution in [-0.4, -0.2) is 25.1 Å². The fraction of sp³-hybridized carbons (Fsp3) is 0.733. The first kappa shape index (κ1) is 16.5. The molecule has 0 aromatic carbocycles. The normalized spacial score (nSPS) is 18.0. The van der Waals surface area contributed by atoms with E-state index in [4.69, 9.17) is 0 Å². The van der Waals surface area contributed by atoms with Crippen LogP contribution in [0.1, 0.15) is 45.7 Å². The molecular weight excluding hydrogens is 286 g/mol. The molecule has 1 aliphatic rings. The van der Waals surface area contributed by atoms with Gasteiger partial charge in [-0.2, -0.15) is 0 Å². The number of rotatable bonds is 7. The zero-order valence-corrected chi connectivity index (χ0v) is 14.2. The fourth-order valence-electron chi connectivity index (χ4n) is 2.56. The molecule has 21 heavy (non-hydrogen) atoms. The molecule has 1 aromatic rings. The van der Waals surface area contributed by atoms with Gasteiger partial charge in [0.15, 0.2) is 0 Å². The Morgan fingerprint density at radius 2 is 2.00 bits per heavy atom. The minimum Gasteiger partial charge on any atom is -0.352 e. The molecule has 0 amide bonds. The maximum atomic E-state index is 12.4. The summed E-state index contributed by atoms with van der Waals surface area (Å²) in [4.78, 5) is 0.358. The summed E-state index contributed by atoms with van der Waals surface area (Å²) >= 11 is 0. The summed E-state index contributed by atoms with van der Waals surface area (Å²) in [6.07, 6.45) is 5.16. The number of sulfonamides is 1. The standard InChI is InChI=1S/C15H27N3O2S/c1-11(2)16-9-14-8-15(10-18(14)4)21(19,20)17-12(3)13-6-5-7-13/h8,10-13,16-17H,5-7,9H2,1-4H3. The quantitative estimate of drug-likeness (QED) is 0.809. The lowest BCUT2D eigenvalue weighted by Gasteiger charge is -2.31. The molecule has 0 bridgehead atoms. The molecule has 0 spiro atoms. The zero-order chi connectivity index (χ0) is 15.6. The lowest BCUT2D eigenvalue weighted by molar-refractivity contribution is 0.260. The highest BCUT2D eigenvalue weighted by Gasteiger charge is 2.28. The van der Waals surface area contributed by atoms with Crippen LogP contribution < -0.4 is 10.0 Å². The smallest absolute Gasteiger partial charge is 0.242 e. The molecule has 1 heterocycles. The van der Waals surface area contributed by atoms with Gasteiger partial charge in [-0.25, -0.2) is 13.1 Å². The molecule has 1 unspecified atom stereocenters. The van der Waals surface area contributed by atoms with E-state index in [-0.39, 0.29) is 6.04 Å². The summed E-state index contributed by atoms with van der Waals surface area (Å²) in [5, 5.41) is 3.31. The monoisotopic (exact) mass is 313 g/mol. The molecule has 2 rings (SSSR count). The number of hydrogen-bond acceptors (Lipinski definition) is 3. The molecule has 1 fully saturated rings. The predicted octanol–water partition coefficient (Wildman–Crippen LogP) is 1.99. The van der Waals surface area contributed by atoms with Gasteiger partial charge < -0.3 is 9.88 Å². The van der Waals surface area contributed by atoms with Gasteiger partial charge in [-0.15, -0.1) is 0 Å². The first-order valence-corrected chi connectivity index (χ1v) is 9.19. The number of hydrogen-bond donors (Lipinski definition) is 2. The van der Waals surface area contributed by atoms with Crippen molar-refractivity contribution in [3.05, 3.63) is 18.0 Å². The van der Waals surface area contributed by atoms with Crippen molar-refractivity contribution in [2.45, 2.75) is 63.6 Å². The van der Waals surface area contributed by atoms with E-state index >= 15 is 0 Å². The molecule has 6 heteroatoms. The van der Waals surface area contributed by atoms with Crippen LogP contribution in [0.3, 0.4) is 0 Å². The fourth-order valence-corrected chi connectivity index (χ4v) is 3.96. The van der Waals surface area contributed by atoms with E-state index in [9.17, 15) is 8.42 Å². The van der Waals surface area contributed by atoms with Gasteiger partial charge >= 0.3 is 0 Å². The van der Waals surface area contributed by atoms with Crippen molar-refractivity contribution in [3.63, 3.8) is 0 Å². The molecule has 0 radical (unpaired) electrons. The van der Waals surface area contributed by atoms with E-state index in [1.54, 1.807) is 12.3 Å². The Morgan fingerprint density at radius 1 is 1.33 bits per heavy atom. The highest BCUT2D eigenvalue weighted by Crippen LogP contribution is 2.30. The highest BCUT2D eigenvalue weighted by atomic mass is 32.2. The van der Waals surface area contributed by atoms with Crippen LogP contribution in [-0.2, 0) is 23.6 Å². The summed E-state index contributed by atoms with van der Waals surface area (Å²) < 4.78 is 29.6. The van der Waals surface area contributed by atoms with E-state index < -0.39 is 10.0 Å². The van der Waals surface area contributed by atoms with Crippen LogP contribution >= 0.6 is 0 Å². The maximum Gasteiger partial charge on any atom is 0.242 e. The Bertz CT molecular complexity index is 574. The van der Waals surface area contributed by atoms with Crippen molar-refractivity contribution >= 4 is 10.0 Å². The van der Waals surface area contributed by atoms with E-state index in [2.05, 4.69) is 23.9 Å². The van der Waals surface area contributed by atoms with Crippen molar-refractivity contribution in [2.24, 2.45) is 13.0 Å².